The fourth-order valence-electron chi connectivity index (χ4n) is 2.32. The lowest BCUT2D eigenvalue weighted by Gasteiger charge is -2.30. The summed E-state index contributed by atoms with van der Waals surface area (Å²) in [7, 11) is 0. The molecule has 0 spiro atoms. The molecule has 1 fully saturated rings. The smallest absolute Gasteiger partial charge is 0.0594 e. The quantitative estimate of drug-likeness (QED) is 0.899. The Morgan fingerprint density at radius 3 is 2.82 bits per heavy atom. The van der Waals surface area contributed by atoms with Gasteiger partial charge >= 0.3 is 0 Å². The number of halogens is 1. The van der Waals surface area contributed by atoms with Crippen LogP contribution in [0.3, 0.4) is 0 Å². The lowest BCUT2D eigenvalue weighted by molar-refractivity contribution is 0.00598. The summed E-state index contributed by atoms with van der Waals surface area (Å²) in [5.74, 6) is 0. The standard InChI is InChI=1S/C14H20BrNO/c1-2-3-14-10-13(8-9-17-14)16-12-6-4-11(15)5-7-12/h4-7,13-14,16H,2-3,8-10H2,1H3. The zero-order chi connectivity index (χ0) is 12.1. The highest BCUT2D eigenvalue weighted by Crippen LogP contribution is 2.22. The van der Waals surface area contributed by atoms with Gasteiger partial charge in [0.2, 0.25) is 0 Å². The van der Waals surface area contributed by atoms with E-state index in [0.717, 1.165) is 23.9 Å². The van der Waals surface area contributed by atoms with E-state index in [1.807, 2.05) is 0 Å². The monoisotopic (exact) mass is 297 g/mol. The summed E-state index contributed by atoms with van der Waals surface area (Å²) in [6, 6.07) is 8.94. The SMILES string of the molecule is CCCC1CC(Nc2ccc(Br)cc2)CCO1. The van der Waals surface area contributed by atoms with Gasteiger partial charge < -0.3 is 10.1 Å². The predicted molar refractivity (Wildman–Crippen MR) is 75.4 cm³/mol. The van der Waals surface area contributed by atoms with E-state index in [-0.39, 0.29) is 0 Å². The second-order valence-electron chi connectivity index (χ2n) is 4.65. The average molecular weight is 298 g/mol. The van der Waals surface area contributed by atoms with Crippen LogP contribution in [0.15, 0.2) is 28.7 Å². The second kappa shape index (κ2) is 6.41. The molecule has 0 aromatic heterocycles. The summed E-state index contributed by atoms with van der Waals surface area (Å²) in [5.41, 5.74) is 1.20. The molecule has 1 aromatic rings. The molecule has 1 N–H and O–H groups in total. The van der Waals surface area contributed by atoms with Gasteiger partial charge in [0.05, 0.1) is 6.10 Å². The number of ether oxygens (including phenoxy) is 1. The largest absolute Gasteiger partial charge is 0.382 e. The third-order valence-corrected chi connectivity index (χ3v) is 3.72. The minimum absolute atomic E-state index is 0.446. The van der Waals surface area contributed by atoms with Gasteiger partial charge in [-0.1, -0.05) is 29.3 Å². The normalized spacial score (nSPS) is 24.6. The highest BCUT2D eigenvalue weighted by Gasteiger charge is 2.21. The van der Waals surface area contributed by atoms with Gasteiger partial charge in [0, 0.05) is 22.8 Å². The minimum Gasteiger partial charge on any atom is -0.382 e. The van der Waals surface area contributed by atoms with E-state index in [0.29, 0.717) is 12.1 Å². The summed E-state index contributed by atoms with van der Waals surface area (Å²) >= 11 is 3.45. The molecule has 94 valence electrons. The van der Waals surface area contributed by atoms with Gasteiger partial charge in [0.1, 0.15) is 0 Å². The van der Waals surface area contributed by atoms with Gasteiger partial charge in [-0.3, -0.25) is 0 Å². The maximum Gasteiger partial charge on any atom is 0.0594 e. The molecule has 1 aromatic carbocycles. The molecular weight excluding hydrogens is 278 g/mol. The summed E-state index contributed by atoms with van der Waals surface area (Å²) < 4.78 is 6.88. The molecule has 2 atom stereocenters. The Morgan fingerprint density at radius 2 is 2.12 bits per heavy atom. The Kier molecular flexibility index (Phi) is 4.86. The van der Waals surface area contributed by atoms with E-state index in [9.17, 15) is 0 Å². The summed E-state index contributed by atoms with van der Waals surface area (Å²) in [6.07, 6.45) is 5.07. The van der Waals surface area contributed by atoms with Crippen LogP contribution in [0.1, 0.15) is 32.6 Å². The Labute approximate surface area is 112 Å². The average Bonchev–Trinajstić information content (AvgIpc) is 2.33. The third-order valence-electron chi connectivity index (χ3n) is 3.19. The van der Waals surface area contributed by atoms with Crippen LogP contribution in [0.25, 0.3) is 0 Å². The van der Waals surface area contributed by atoms with Crippen molar-refractivity contribution in [3.63, 3.8) is 0 Å². The van der Waals surface area contributed by atoms with Crippen LogP contribution in [-0.2, 0) is 4.74 Å². The van der Waals surface area contributed by atoms with Crippen LogP contribution in [0, 0.1) is 0 Å². The van der Waals surface area contributed by atoms with E-state index < -0.39 is 0 Å². The molecule has 0 bridgehead atoms. The van der Waals surface area contributed by atoms with E-state index in [2.05, 4.69) is 52.4 Å². The second-order valence-corrected chi connectivity index (χ2v) is 5.57. The Hall–Kier alpha value is -0.540. The molecule has 1 saturated heterocycles. The zero-order valence-electron chi connectivity index (χ0n) is 10.3. The highest BCUT2D eigenvalue weighted by molar-refractivity contribution is 9.10. The fraction of sp³-hybridized carbons (Fsp3) is 0.571. The zero-order valence-corrected chi connectivity index (χ0v) is 11.9. The first-order valence-corrected chi connectivity index (χ1v) is 7.21. The lowest BCUT2D eigenvalue weighted by atomic mass is 10.00. The van der Waals surface area contributed by atoms with Crippen molar-refractivity contribution in [2.75, 3.05) is 11.9 Å². The molecule has 2 unspecified atom stereocenters. The van der Waals surface area contributed by atoms with Crippen molar-refractivity contribution in [2.45, 2.75) is 44.8 Å². The van der Waals surface area contributed by atoms with Gasteiger partial charge in [-0.05, 0) is 43.5 Å². The molecule has 3 heteroatoms. The molecule has 0 radical (unpaired) electrons. The van der Waals surface area contributed by atoms with Crippen molar-refractivity contribution < 1.29 is 4.74 Å². The van der Waals surface area contributed by atoms with Crippen LogP contribution >= 0.6 is 15.9 Å². The summed E-state index contributed by atoms with van der Waals surface area (Å²) in [5, 5.41) is 3.60. The molecule has 1 aliphatic heterocycles. The Morgan fingerprint density at radius 1 is 1.35 bits per heavy atom. The Bertz CT molecular complexity index is 337. The first-order chi connectivity index (χ1) is 8.28. The van der Waals surface area contributed by atoms with Gasteiger partial charge in [-0.25, -0.2) is 0 Å². The maximum atomic E-state index is 5.76. The van der Waals surface area contributed by atoms with E-state index in [1.165, 1.54) is 18.5 Å². The molecule has 0 amide bonds. The molecule has 1 aliphatic rings. The number of hydrogen-bond acceptors (Lipinski definition) is 2. The first kappa shape index (κ1) is 12.9. The summed E-state index contributed by atoms with van der Waals surface area (Å²) in [6.45, 7) is 3.11. The maximum absolute atomic E-state index is 5.76. The highest BCUT2D eigenvalue weighted by atomic mass is 79.9. The van der Waals surface area contributed by atoms with Gasteiger partial charge in [-0.2, -0.15) is 0 Å². The number of benzene rings is 1. The molecular formula is C14H20BrNO. The molecule has 0 aliphatic carbocycles. The van der Waals surface area contributed by atoms with Crippen molar-refractivity contribution >= 4 is 21.6 Å². The van der Waals surface area contributed by atoms with E-state index in [4.69, 9.17) is 4.74 Å². The van der Waals surface area contributed by atoms with Crippen molar-refractivity contribution in [3.8, 4) is 0 Å². The number of nitrogens with one attached hydrogen (secondary N) is 1. The van der Waals surface area contributed by atoms with Gasteiger partial charge in [-0.15, -0.1) is 0 Å². The minimum atomic E-state index is 0.446. The number of rotatable bonds is 4. The molecule has 2 rings (SSSR count). The van der Waals surface area contributed by atoms with Crippen LogP contribution < -0.4 is 5.32 Å². The Balaban J connectivity index is 1.87. The van der Waals surface area contributed by atoms with Crippen LogP contribution in [0.4, 0.5) is 5.69 Å². The van der Waals surface area contributed by atoms with Crippen LogP contribution in [0.5, 0.6) is 0 Å². The molecule has 2 nitrogen and oxygen atoms in total. The van der Waals surface area contributed by atoms with Crippen molar-refractivity contribution in [1.82, 2.24) is 0 Å². The van der Waals surface area contributed by atoms with Gasteiger partial charge in [0.25, 0.3) is 0 Å². The topological polar surface area (TPSA) is 21.3 Å². The number of anilines is 1. The lowest BCUT2D eigenvalue weighted by Crippen LogP contribution is -2.33. The summed E-state index contributed by atoms with van der Waals surface area (Å²) in [4.78, 5) is 0. The molecule has 0 saturated carbocycles. The molecule has 1 heterocycles. The fourth-order valence-corrected chi connectivity index (χ4v) is 2.58. The van der Waals surface area contributed by atoms with Crippen molar-refractivity contribution in [2.24, 2.45) is 0 Å². The van der Waals surface area contributed by atoms with E-state index in [1.54, 1.807) is 0 Å². The van der Waals surface area contributed by atoms with Crippen LogP contribution in [-0.4, -0.2) is 18.8 Å². The van der Waals surface area contributed by atoms with Crippen molar-refractivity contribution in [1.29, 1.82) is 0 Å². The number of hydrogen-bond donors (Lipinski definition) is 1. The van der Waals surface area contributed by atoms with E-state index >= 15 is 0 Å². The van der Waals surface area contributed by atoms with Gasteiger partial charge in [0.15, 0.2) is 0 Å². The first-order valence-electron chi connectivity index (χ1n) is 6.41. The molecule has 17 heavy (non-hydrogen) atoms. The van der Waals surface area contributed by atoms with Crippen molar-refractivity contribution in [3.05, 3.63) is 28.7 Å². The predicted octanol–water partition coefficient (Wildman–Crippen LogP) is 4.21. The third kappa shape index (κ3) is 4.00. The van der Waals surface area contributed by atoms with Crippen LogP contribution in [0.2, 0.25) is 0 Å².